The lowest BCUT2D eigenvalue weighted by molar-refractivity contribution is -0.385. The number of para-hydroxylation sites is 1. The minimum atomic E-state index is -0.631. The van der Waals surface area contributed by atoms with Crippen molar-refractivity contribution in [3.05, 3.63) is 75.8 Å². The first-order chi connectivity index (χ1) is 14.9. The van der Waals surface area contributed by atoms with Crippen LogP contribution in [0.1, 0.15) is 44.7 Å². The van der Waals surface area contributed by atoms with Crippen molar-refractivity contribution >= 4 is 17.5 Å². The Morgan fingerprint density at radius 3 is 2.29 bits per heavy atom. The minimum absolute atomic E-state index is 0.00263. The highest BCUT2D eigenvalue weighted by Gasteiger charge is 2.30. The van der Waals surface area contributed by atoms with Gasteiger partial charge in [-0.3, -0.25) is 19.7 Å². The molecule has 2 atom stereocenters. The fraction of sp³-hybridized carbons (Fsp3) is 0.417. The molecule has 0 aliphatic rings. The fourth-order valence-corrected chi connectivity index (χ4v) is 3.44. The largest absolute Gasteiger partial charge is 0.352 e. The lowest BCUT2D eigenvalue weighted by atomic mass is 10.0. The molecule has 2 aromatic carbocycles. The van der Waals surface area contributed by atoms with Gasteiger partial charge in [0.1, 0.15) is 6.04 Å². The third-order valence-corrected chi connectivity index (χ3v) is 5.40. The number of carbonyl (C=O) groups is 2. The molecule has 2 aromatic rings. The quantitative estimate of drug-likeness (QED) is 0.436. The first-order valence-electron chi connectivity index (χ1n) is 10.7. The monoisotopic (exact) mass is 425 g/mol. The van der Waals surface area contributed by atoms with Crippen LogP contribution in [0.25, 0.3) is 0 Å². The molecule has 2 rings (SSSR count). The van der Waals surface area contributed by atoms with Crippen molar-refractivity contribution in [2.45, 2.75) is 58.5 Å². The average Bonchev–Trinajstić information content (AvgIpc) is 2.77. The summed E-state index contributed by atoms with van der Waals surface area (Å²) in [6, 6.07) is 15.4. The Morgan fingerprint density at radius 1 is 1.03 bits per heavy atom. The second-order valence-corrected chi connectivity index (χ2v) is 7.63. The van der Waals surface area contributed by atoms with E-state index in [1.807, 2.05) is 51.1 Å². The number of nitrogens with zero attached hydrogens (tertiary/aromatic N) is 2. The second-order valence-electron chi connectivity index (χ2n) is 7.63. The second kappa shape index (κ2) is 11.8. The minimum Gasteiger partial charge on any atom is -0.352 e. The lowest BCUT2D eigenvalue weighted by Crippen LogP contribution is -2.52. The maximum absolute atomic E-state index is 13.3. The van der Waals surface area contributed by atoms with Gasteiger partial charge >= 0.3 is 0 Å². The van der Waals surface area contributed by atoms with E-state index in [2.05, 4.69) is 5.32 Å². The molecule has 0 heterocycles. The SMILES string of the molecule is CC[C@H](C(=O)N[C@@H](C)CC)N(CCc1ccccc1)C(=O)Cc1ccccc1[N+](=O)[O-]. The van der Waals surface area contributed by atoms with Crippen molar-refractivity contribution in [1.82, 2.24) is 10.2 Å². The lowest BCUT2D eigenvalue weighted by Gasteiger charge is -2.31. The Kier molecular flexibility index (Phi) is 9.18. The summed E-state index contributed by atoms with van der Waals surface area (Å²) in [7, 11) is 0. The van der Waals surface area contributed by atoms with Crippen LogP contribution in [0, 0.1) is 10.1 Å². The van der Waals surface area contributed by atoms with Crippen LogP contribution in [0.15, 0.2) is 54.6 Å². The number of benzene rings is 2. The van der Waals surface area contributed by atoms with Gasteiger partial charge in [0.25, 0.3) is 5.69 Å². The van der Waals surface area contributed by atoms with E-state index in [0.29, 0.717) is 24.9 Å². The van der Waals surface area contributed by atoms with E-state index >= 15 is 0 Å². The Balaban J connectivity index is 2.27. The maximum atomic E-state index is 13.3. The first kappa shape index (κ1) is 24.1. The summed E-state index contributed by atoms with van der Waals surface area (Å²) in [5.74, 6) is -0.489. The summed E-state index contributed by atoms with van der Waals surface area (Å²) < 4.78 is 0. The predicted octanol–water partition coefficient (Wildman–Crippen LogP) is 3.90. The van der Waals surface area contributed by atoms with Crippen LogP contribution in [0.5, 0.6) is 0 Å². The van der Waals surface area contributed by atoms with Crippen LogP contribution in [-0.2, 0) is 22.4 Å². The molecular formula is C24H31N3O4. The molecule has 0 unspecified atom stereocenters. The number of hydrogen-bond acceptors (Lipinski definition) is 4. The molecule has 0 spiro atoms. The van der Waals surface area contributed by atoms with Gasteiger partial charge in [0.05, 0.1) is 11.3 Å². The number of hydrogen-bond donors (Lipinski definition) is 1. The van der Waals surface area contributed by atoms with Gasteiger partial charge in [-0.15, -0.1) is 0 Å². The summed E-state index contributed by atoms with van der Waals surface area (Å²) in [6.07, 6.45) is 1.71. The molecular weight excluding hydrogens is 394 g/mol. The predicted molar refractivity (Wildman–Crippen MR) is 121 cm³/mol. The smallest absolute Gasteiger partial charge is 0.273 e. The van der Waals surface area contributed by atoms with Crippen LogP contribution in [0.2, 0.25) is 0 Å². The zero-order chi connectivity index (χ0) is 22.8. The van der Waals surface area contributed by atoms with Gasteiger partial charge in [0, 0.05) is 24.2 Å². The van der Waals surface area contributed by atoms with Crippen molar-refractivity contribution in [1.29, 1.82) is 0 Å². The maximum Gasteiger partial charge on any atom is 0.273 e. The summed E-state index contributed by atoms with van der Waals surface area (Å²) >= 11 is 0. The van der Waals surface area contributed by atoms with E-state index in [0.717, 1.165) is 12.0 Å². The molecule has 31 heavy (non-hydrogen) atoms. The van der Waals surface area contributed by atoms with Gasteiger partial charge in [-0.2, -0.15) is 0 Å². The van der Waals surface area contributed by atoms with Gasteiger partial charge in [-0.25, -0.2) is 0 Å². The van der Waals surface area contributed by atoms with Crippen molar-refractivity contribution < 1.29 is 14.5 Å². The molecule has 0 saturated carbocycles. The molecule has 0 fully saturated rings. The third-order valence-electron chi connectivity index (χ3n) is 5.40. The zero-order valence-corrected chi connectivity index (χ0v) is 18.4. The zero-order valence-electron chi connectivity index (χ0n) is 18.4. The Hall–Kier alpha value is -3.22. The molecule has 7 nitrogen and oxygen atoms in total. The Bertz CT molecular complexity index is 885. The Labute approximate surface area is 183 Å². The van der Waals surface area contributed by atoms with E-state index < -0.39 is 11.0 Å². The van der Waals surface area contributed by atoms with Crippen LogP contribution in [0.4, 0.5) is 5.69 Å². The normalized spacial score (nSPS) is 12.6. The molecule has 0 aliphatic heterocycles. The number of nitro benzene ring substituents is 1. The van der Waals surface area contributed by atoms with Crippen molar-refractivity contribution in [3.8, 4) is 0 Å². The summed E-state index contributed by atoms with van der Waals surface area (Å²) in [6.45, 7) is 6.14. The van der Waals surface area contributed by atoms with Gasteiger partial charge in [0.15, 0.2) is 0 Å². The third kappa shape index (κ3) is 6.91. The van der Waals surface area contributed by atoms with Gasteiger partial charge < -0.3 is 10.2 Å². The number of rotatable bonds is 11. The van der Waals surface area contributed by atoms with E-state index in [1.54, 1.807) is 23.1 Å². The number of nitro groups is 1. The van der Waals surface area contributed by atoms with Crippen molar-refractivity contribution in [2.75, 3.05) is 6.54 Å². The van der Waals surface area contributed by atoms with Crippen molar-refractivity contribution in [3.63, 3.8) is 0 Å². The van der Waals surface area contributed by atoms with Crippen LogP contribution in [-0.4, -0.2) is 40.3 Å². The standard InChI is InChI=1S/C24H31N3O4/c1-4-18(3)25-24(29)21(5-2)26(16-15-19-11-7-6-8-12-19)23(28)17-20-13-9-10-14-22(20)27(30)31/h6-14,18,21H,4-5,15-17H2,1-3H3,(H,25,29)/t18-,21+/m0/s1. The van der Waals surface area contributed by atoms with Gasteiger partial charge in [0.2, 0.25) is 11.8 Å². The number of carbonyl (C=O) groups excluding carboxylic acids is 2. The van der Waals surface area contributed by atoms with Gasteiger partial charge in [-0.05, 0) is 31.7 Å². The highest BCUT2D eigenvalue weighted by Crippen LogP contribution is 2.20. The molecule has 166 valence electrons. The van der Waals surface area contributed by atoms with E-state index in [1.165, 1.54) is 6.07 Å². The summed E-state index contributed by atoms with van der Waals surface area (Å²) in [5.41, 5.74) is 1.32. The summed E-state index contributed by atoms with van der Waals surface area (Å²) in [4.78, 5) is 38.6. The number of nitrogens with one attached hydrogen (secondary N) is 1. The highest BCUT2D eigenvalue weighted by molar-refractivity contribution is 5.89. The van der Waals surface area contributed by atoms with E-state index in [-0.39, 0.29) is 30.0 Å². The Morgan fingerprint density at radius 2 is 1.68 bits per heavy atom. The molecule has 0 radical (unpaired) electrons. The van der Waals surface area contributed by atoms with Crippen LogP contribution < -0.4 is 5.32 Å². The topological polar surface area (TPSA) is 92.6 Å². The molecule has 0 aliphatic carbocycles. The fourth-order valence-electron chi connectivity index (χ4n) is 3.44. The van der Waals surface area contributed by atoms with Crippen LogP contribution >= 0.6 is 0 Å². The number of amides is 2. The highest BCUT2D eigenvalue weighted by atomic mass is 16.6. The summed E-state index contributed by atoms with van der Waals surface area (Å²) in [5, 5.41) is 14.3. The van der Waals surface area contributed by atoms with Crippen molar-refractivity contribution in [2.24, 2.45) is 0 Å². The van der Waals surface area contributed by atoms with E-state index in [9.17, 15) is 19.7 Å². The van der Waals surface area contributed by atoms with E-state index in [4.69, 9.17) is 0 Å². The molecule has 0 bridgehead atoms. The van der Waals surface area contributed by atoms with Gasteiger partial charge in [-0.1, -0.05) is 62.4 Å². The molecule has 2 amide bonds. The average molecular weight is 426 g/mol. The molecule has 0 aromatic heterocycles. The molecule has 1 N–H and O–H groups in total. The first-order valence-corrected chi connectivity index (χ1v) is 10.7. The van der Waals surface area contributed by atoms with Crippen LogP contribution in [0.3, 0.4) is 0 Å². The molecule has 7 heteroatoms. The molecule has 0 saturated heterocycles.